The molecule has 1 heterocycles. The van der Waals surface area contributed by atoms with E-state index >= 15 is 0 Å². The second kappa shape index (κ2) is 5.79. The summed E-state index contributed by atoms with van der Waals surface area (Å²) in [6.07, 6.45) is 1.04. The molecule has 0 aliphatic heterocycles. The molecule has 3 heteroatoms. The van der Waals surface area contributed by atoms with Crippen molar-refractivity contribution in [2.75, 3.05) is 6.54 Å². The third kappa shape index (κ3) is 4.73. The number of rotatable bonds is 4. The number of aromatic nitrogens is 2. The van der Waals surface area contributed by atoms with Crippen molar-refractivity contribution >= 4 is 0 Å². The van der Waals surface area contributed by atoms with E-state index in [0.717, 1.165) is 30.2 Å². The van der Waals surface area contributed by atoms with Crippen LogP contribution in [0.2, 0.25) is 0 Å². The molecule has 1 rings (SSSR count). The highest BCUT2D eigenvalue weighted by molar-refractivity contribution is 5.24. The van der Waals surface area contributed by atoms with E-state index < -0.39 is 0 Å². The first-order valence-corrected chi connectivity index (χ1v) is 6.75. The summed E-state index contributed by atoms with van der Waals surface area (Å²) in [7, 11) is 0. The molecule has 0 fully saturated rings. The lowest BCUT2D eigenvalue weighted by Gasteiger charge is -2.24. The van der Waals surface area contributed by atoms with Crippen LogP contribution in [0.4, 0.5) is 0 Å². The second-order valence-corrected chi connectivity index (χ2v) is 6.36. The van der Waals surface area contributed by atoms with Gasteiger partial charge in [0.05, 0.1) is 0 Å². The highest BCUT2D eigenvalue weighted by Gasteiger charge is 2.14. The Kier molecular flexibility index (Phi) is 4.85. The van der Waals surface area contributed by atoms with Gasteiger partial charge in [0.15, 0.2) is 0 Å². The summed E-state index contributed by atoms with van der Waals surface area (Å²) in [5, 5.41) is 3.55. The molecule has 0 aromatic carbocycles. The normalized spacial score (nSPS) is 13.7. The van der Waals surface area contributed by atoms with E-state index in [2.05, 4.69) is 56.8 Å². The molecule has 1 N–H and O–H groups in total. The van der Waals surface area contributed by atoms with Crippen LogP contribution in [-0.2, 0) is 6.42 Å². The van der Waals surface area contributed by atoms with Gasteiger partial charge in [0.2, 0.25) is 0 Å². The van der Waals surface area contributed by atoms with Crippen molar-refractivity contribution in [3.8, 4) is 0 Å². The Bertz CT molecular complexity index is 382. The fourth-order valence-corrected chi connectivity index (χ4v) is 2.10. The minimum atomic E-state index is 0.183. The Labute approximate surface area is 111 Å². The van der Waals surface area contributed by atoms with E-state index in [-0.39, 0.29) is 5.54 Å². The van der Waals surface area contributed by atoms with Crippen molar-refractivity contribution < 1.29 is 0 Å². The van der Waals surface area contributed by atoms with Gasteiger partial charge >= 0.3 is 0 Å². The van der Waals surface area contributed by atoms with Crippen molar-refractivity contribution in [3.63, 3.8) is 0 Å². The third-order valence-corrected chi connectivity index (χ3v) is 3.07. The smallest absolute Gasteiger partial charge is 0.125 e. The van der Waals surface area contributed by atoms with Gasteiger partial charge in [-0.05, 0) is 66.0 Å². The lowest BCUT2D eigenvalue weighted by atomic mass is 9.97. The fourth-order valence-electron chi connectivity index (χ4n) is 2.10. The molecule has 1 atom stereocenters. The molecule has 1 aromatic heterocycles. The molecule has 0 saturated heterocycles. The van der Waals surface area contributed by atoms with Gasteiger partial charge in [-0.3, -0.25) is 0 Å². The van der Waals surface area contributed by atoms with Crippen molar-refractivity contribution in [2.24, 2.45) is 5.92 Å². The summed E-state index contributed by atoms with van der Waals surface area (Å²) < 4.78 is 0. The molecule has 0 radical (unpaired) electrons. The molecule has 102 valence electrons. The first-order chi connectivity index (χ1) is 8.19. The van der Waals surface area contributed by atoms with Gasteiger partial charge < -0.3 is 5.32 Å². The van der Waals surface area contributed by atoms with E-state index in [1.807, 2.05) is 6.92 Å². The van der Waals surface area contributed by atoms with E-state index in [4.69, 9.17) is 0 Å². The highest BCUT2D eigenvalue weighted by atomic mass is 14.9. The first kappa shape index (κ1) is 15.1. The van der Waals surface area contributed by atoms with Crippen molar-refractivity contribution in [3.05, 3.63) is 22.8 Å². The van der Waals surface area contributed by atoms with Gasteiger partial charge in [0.1, 0.15) is 5.82 Å². The molecule has 1 aromatic rings. The number of aryl methyl sites for hydroxylation is 3. The second-order valence-electron chi connectivity index (χ2n) is 6.36. The average Bonchev–Trinajstić information content (AvgIpc) is 2.19. The van der Waals surface area contributed by atoms with Crippen LogP contribution in [0, 0.1) is 26.7 Å². The molecule has 3 nitrogen and oxygen atoms in total. The lowest BCUT2D eigenvalue weighted by molar-refractivity contribution is 0.381. The quantitative estimate of drug-likeness (QED) is 0.891. The molecule has 0 bridgehead atoms. The van der Waals surface area contributed by atoms with E-state index in [1.165, 1.54) is 5.56 Å². The SMILES string of the molecule is Cc1nc(C)c(CC(C)CNC(C)(C)C)c(C)n1. The maximum absolute atomic E-state index is 4.46. The van der Waals surface area contributed by atoms with E-state index in [9.17, 15) is 0 Å². The maximum atomic E-state index is 4.46. The predicted octanol–water partition coefficient (Wildman–Crippen LogP) is 2.97. The minimum absolute atomic E-state index is 0.183. The summed E-state index contributed by atoms with van der Waals surface area (Å²) in [6.45, 7) is 16.0. The van der Waals surface area contributed by atoms with Gasteiger partial charge in [0.25, 0.3) is 0 Å². The van der Waals surface area contributed by atoms with Gasteiger partial charge in [-0.2, -0.15) is 0 Å². The van der Waals surface area contributed by atoms with Crippen LogP contribution in [0.5, 0.6) is 0 Å². The zero-order valence-electron chi connectivity index (χ0n) is 12.9. The van der Waals surface area contributed by atoms with Gasteiger partial charge in [0, 0.05) is 16.9 Å². The number of nitrogens with one attached hydrogen (secondary N) is 1. The Hall–Kier alpha value is -0.960. The predicted molar refractivity (Wildman–Crippen MR) is 76.9 cm³/mol. The van der Waals surface area contributed by atoms with Crippen LogP contribution >= 0.6 is 0 Å². The Morgan fingerprint density at radius 3 is 2.00 bits per heavy atom. The van der Waals surface area contributed by atoms with E-state index in [0.29, 0.717) is 5.92 Å². The molecule has 0 aliphatic rings. The zero-order valence-corrected chi connectivity index (χ0v) is 12.9. The van der Waals surface area contributed by atoms with E-state index in [1.54, 1.807) is 0 Å². The van der Waals surface area contributed by atoms with Gasteiger partial charge in [-0.1, -0.05) is 6.92 Å². The standard InChI is InChI=1S/C15H27N3/c1-10(9-16-15(5,6)7)8-14-11(2)17-13(4)18-12(14)3/h10,16H,8-9H2,1-7H3. The summed E-state index contributed by atoms with van der Waals surface area (Å²) >= 11 is 0. The van der Waals surface area contributed by atoms with Crippen molar-refractivity contribution in [2.45, 2.75) is 60.4 Å². The van der Waals surface area contributed by atoms with Gasteiger partial charge in [-0.25, -0.2) is 9.97 Å². The maximum Gasteiger partial charge on any atom is 0.125 e. The van der Waals surface area contributed by atoms with Crippen molar-refractivity contribution in [1.82, 2.24) is 15.3 Å². The Morgan fingerprint density at radius 1 is 1.06 bits per heavy atom. The van der Waals surface area contributed by atoms with Crippen LogP contribution in [0.15, 0.2) is 0 Å². The molecule has 0 amide bonds. The molecular formula is C15H27N3. The summed E-state index contributed by atoms with van der Waals surface area (Å²) in [5.74, 6) is 1.46. The van der Waals surface area contributed by atoms with Crippen molar-refractivity contribution in [1.29, 1.82) is 0 Å². The monoisotopic (exact) mass is 249 g/mol. The first-order valence-electron chi connectivity index (χ1n) is 6.75. The fraction of sp³-hybridized carbons (Fsp3) is 0.733. The minimum Gasteiger partial charge on any atom is -0.312 e. The van der Waals surface area contributed by atoms with Crippen LogP contribution in [-0.4, -0.2) is 22.1 Å². The Morgan fingerprint density at radius 2 is 1.56 bits per heavy atom. The molecule has 1 unspecified atom stereocenters. The van der Waals surface area contributed by atoms with Crippen LogP contribution in [0.3, 0.4) is 0 Å². The molecule has 18 heavy (non-hydrogen) atoms. The largest absolute Gasteiger partial charge is 0.312 e. The zero-order chi connectivity index (χ0) is 13.9. The summed E-state index contributed by atoms with van der Waals surface area (Å²) in [4.78, 5) is 8.93. The molecule has 0 aliphatic carbocycles. The van der Waals surface area contributed by atoms with Gasteiger partial charge in [-0.15, -0.1) is 0 Å². The summed E-state index contributed by atoms with van der Waals surface area (Å²) in [5.41, 5.74) is 3.75. The molecule has 0 saturated carbocycles. The Balaban J connectivity index is 2.68. The van der Waals surface area contributed by atoms with Crippen LogP contribution in [0.1, 0.15) is 50.5 Å². The number of nitrogens with zero attached hydrogens (tertiary/aromatic N) is 2. The number of hydrogen-bond acceptors (Lipinski definition) is 3. The highest BCUT2D eigenvalue weighted by Crippen LogP contribution is 2.15. The number of hydrogen-bond donors (Lipinski definition) is 1. The molecular weight excluding hydrogens is 222 g/mol. The molecule has 0 spiro atoms. The summed E-state index contributed by atoms with van der Waals surface area (Å²) in [6, 6.07) is 0. The lowest BCUT2D eigenvalue weighted by Crippen LogP contribution is -2.39. The van der Waals surface area contributed by atoms with Crippen LogP contribution < -0.4 is 5.32 Å². The third-order valence-electron chi connectivity index (χ3n) is 3.07. The van der Waals surface area contributed by atoms with Crippen LogP contribution in [0.25, 0.3) is 0 Å². The topological polar surface area (TPSA) is 37.8 Å². The average molecular weight is 249 g/mol.